The maximum Gasteiger partial charge on any atom is 0.328 e. The van der Waals surface area contributed by atoms with Crippen LogP contribution in [0.3, 0.4) is 0 Å². The number of urea groups is 1. The Balaban J connectivity index is 2.44. The summed E-state index contributed by atoms with van der Waals surface area (Å²) in [5.41, 5.74) is 2.52. The van der Waals surface area contributed by atoms with Crippen molar-refractivity contribution in [2.24, 2.45) is 0 Å². The van der Waals surface area contributed by atoms with E-state index < -0.39 is 12.0 Å². The van der Waals surface area contributed by atoms with Crippen LogP contribution in [0.4, 0.5) is 4.79 Å². The van der Waals surface area contributed by atoms with Crippen molar-refractivity contribution in [1.82, 2.24) is 15.2 Å². The number of hydrogen-bond acceptors (Lipinski definition) is 5. The number of amides is 2. The first-order chi connectivity index (χ1) is 8.04. The Kier molecular flexibility index (Phi) is 4.89. The molecule has 0 fully saturated rings. The van der Waals surface area contributed by atoms with E-state index in [4.69, 9.17) is 0 Å². The molecule has 0 bridgehead atoms. The number of nitrogens with one attached hydrogen (secondary N) is 1. The lowest BCUT2D eigenvalue weighted by atomic mass is 10.3. The van der Waals surface area contributed by atoms with Crippen molar-refractivity contribution < 1.29 is 14.3 Å². The molecule has 1 aromatic rings. The van der Waals surface area contributed by atoms with E-state index in [-0.39, 0.29) is 6.03 Å². The lowest BCUT2D eigenvalue weighted by molar-refractivity contribution is -0.142. The SMILES string of the molecule is COC(=O)C(C)NC(=O)N(C)Cc1cscn1. The van der Waals surface area contributed by atoms with E-state index in [9.17, 15) is 9.59 Å². The maximum atomic E-state index is 11.7. The van der Waals surface area contributed by atoms with E-state index in [1.807, 2.05) is 5.38 Å². The van der Waals surface area contributed by atoms with Gasteiger partial charge in [-0.15, -0.1) is 11.3 Å². The van der Waals surface area contributed by atoms with Gasteiger partial charge in [0.15, 0.2) is 0 Å². The molecule has 1 heterocycles. The molecule has 0 aliphatic carbocycles. The van der Waals surface area contributed by atoms with Crippen molar-refractivity contribution in [3.63, 3.8) is 0 Å². The zero-order chi connectivity index (χ0) is 12.8. The quantitative estimate of drug-likeness (QED) is 0.812. The summed E-state index contributed by atoms with van der Waals surface area (Å²) in [5, 5.41) is 4.40. The highest BCUT2D eigenvalue weighted by Crippen LogP contribution is 2.04. The average molecular weight is 257 g/mol. The third-order valence-corrected chi connectivity index (χ3v) is 2.76. The van der Waals surface area contributed by atoms with Crippen LogP contribution in [0.1, 0.15) is 12.6 Å². The summed E-state index contributed by atoms with van der Waals surface area (Å²) in [6, 6.07) is -0.999. The zero-order valence-corrected chi connectivity index (χ0v) is 10.8. The van der Waals surface area contributed by atoms with Crippen LogP contribution in [0, 0.1) is 0 Å². The van der Waals surface area contributed by atoms with Gasteiger partial charge in [0.05, 0.1) is 24.9 Å². The molecule has 0 aliphatic heterocycles. The third kappa shape index (κ3) is 4.03. The van der Waals surface area contributed by atoms with Crippen molar-refractivity contribution in [1.29, 1.82) is 0 Å². The minimum atomic E-state index is -0.662. The van der Waals surface area contributed by atoms with Crippen molar-refractivity contribution in [2.75, 3.05) is 14.2 Å². The number of ether oxygens (including phenoxy) is 1. The van der Waals surface area contributed by atoms with Gasteiger partial charge in [-0.05, 0) is 6.92 Å². The largest absolute Gasteiger partial charge is 0.467 e. The predicted molar refractivity (Wildman–Crippen MR) is 63.6 cm³/mol. The highest BCUT2D eigenvalue weighted by molar-refractivity contribution is 7.07. The molecule has 0 saturated carbocycles. The Bertz CT molecular complexity index is 380. The van der Waals surface area contributed by atoms with Gasteiger partial charge in [0.2, 0.25) is 0 Å². The number of nitrogens with zero attached hydrogens (tertiary/aromatic N) is 2. The minimum absolute atomic E-state index is 0.337. The summed E-state index contributed by atoms with van der Waals surface area (Å²) in [7, 11) is 2.92. The second-order valence-electron chi connectivity index (χ2n) is 3.53. The van der Waals surface area contributed by atoms with Crippen LogP contribution < -0.4 is 5.32 Å². The number of methoxy groups -OCH3 is 1. The number of carbonyl (C=O) groups excluding carboxylic acids is 2. The fourth-order valence-corrected chi connectivity index (χ4v) is 1.71. The van der Waals surface area contributed by atoms with Gasteiger partial charge in [-0.3, -0.25) is 0 Å². The molecular formula is C10H15N3O3S. The molecule has 6 nitrogen and oxygen atoms in total. The molecule has 1 aromatic heterocycles. The summed E-state index contributed by atoms with van der Waals surface area (Å²) < 4.78 is 4.52. The van der Waals surface area contributed by atoms with Gasteiger partial charge in [0, 0.05) is 12.4 Å². The fourth-order valence-electron chi connectivity index (χ4n) is 1.16. The highest BCUT2D eigenvalue weighted by atomic mass is 32.1. The lowest BCUT2D eigenvalue weighted by Crippen LogP contribution is -2.45. The summed E-state index contributed by atoms with van der Waals surface area (Å²) >= 11 is 1.47. The number of esters is 1. The molecule has 0 saturated heterocycles. The van der Waals surface area contributed by atoms with Gasteiger partial charge in [-0.25, -0.2) is 14.6 Å². The Morgan fingerprint density at radius 2 is 2.35 bits per heavy atom. The maximum absolute atomic E-state index is 11.7. The summed E-state index contributed by atoms with van der Waals surface area (Å²) in [6.07, 6.45) is 0. The average Bonchev–Trinajstić information content (AvgIpc) is 2.80. The Labute approximate surface area is 104 Å². The molecule has 7 heteroatoms. The van der Waals surface area contributed by atoms with Crippen molar-refractivity contribution in [2.45, 2.75) is 19.5 Å². The van der Waals surface area contributed by atoms with E-state index in [1.54, 1.807) is 19.5 Å². The molecule has 0 aliphatic rings. The monoisotopic (exact) mass is 257 g/mol. The second-order valence-corrected chi connectivity index (χ2v) is 4.25. The molecule has 1 N–H and O–H groups in total. The first-order valence-electron chi connectivity index (χ1n) is 5.01. The van der Waals surface area contributed by atoms with E-state index in [0.717, 1.165) is 5.69 Å². The van der Waals surface area contributed by atoms with Crippen LogP contribution >= 0.6 is 11.3 Å². The van der Waals surface area contributed by atoms with Gasteiger partial charge in [-0.2, -0.15) is 0 Å². The smallest absolute Gasteiger partial charge is 0.328 e. The minimum Gasteiger partial charge on any atom is -0.467 e. The van der Waals surface area contributed by atoms with Crippen LogP contribution in [0.25, 0.3) is 0 Å². The first kappa shape index (κ1) is 13.4. The van der Waals surface area contributed by atoms with E-state index in [2.05, 4.69) is 15.0 Å². The standard InChI is InChI=1S/C10H15N3O3S/c1-7(9(14)16-3)12-10(15)13(2)4-8-5-17-6-11-8/h5-7H,4H2,1-3H3,(H,12,15). The molecule has 1 rings (SSSR count). The summed E-state index contributed by atoms with van der Waals surface area (Å²) in [6.45, 7) is 1.98. The number of thiazole rings is 1. The van der Waals surface area contributed by atoms with Crippen LogP contribution in [-0.2, 0) is 16.1 Å². The topological polar surface area (TPSA) is 71.5 Å². The molecule has 94 valence electrons. The van der Waals surface area contributed by atoms with Gasteiger partial charge in [-0.1, -0.05) is 0 Å². The van der Waals surface area contributed by atoms with E-state index in [0.29, 0.717) is 6.54 Å². The van der Waals surface area contributed by atoms with Gasteiger partial charge in [0.25, 0.3) is 0 Å². The van der Waals surface area contributed by atoms with Crippen molar-refractivity contribution in [3.8, 4) is 0 Å². The Morgan fingerprint density at radius 3 is 2.88 bits per heavy atom. The van der Waals surface area contributed by atoms with Crippen LogP contribution in [0.5, 0.6) is 0 Å². The number of aromatic nitrogens is 1. The van der Waals surface area contributed by atoms with E-state index >= 15 is 0 Å². The molecular weight excluding hydrogens is 242 g/mol. The lowest BCUT2D eigenvalue weighted by Gasteiger charge is -2.19. The van der Waals surface area contributed by atoms with Crippen LogP contribution in [0.15, 0.2) is 10.9 Å². The highest BCUT2D eigenvalue weighted by Gasteiger charge is 2.18. The molecule has 0 radical (unpaired) electrons. The summed E-state index contributed by atoms with van der Waals surface area (Å²) in [4.78, 5) is 28.3. The third-order valence-electron chi connectivity index (χ3n) is 2.12. The molecule has 2 amide bonds. The summed E-state index contributed by atoms with van der Waals surface area (Å²) in [5.74, 6) is -0.472. The Hall–Kier alpha value is -1.63. The Morgan fingerprint density at radius 1 is 1.65 bits per heavy atom. The number of carbonyl (C=O) groups is 2. The van der Waals surface area contributed by atoms with Crippen molar-refractivity contribution in [3.05, 3.63) is 16.6 Å². The fraction of sp³-hybridized carbons (Fsp3) is 0.500. The van der Waals surface area contributed by atoms with E-state index in [1.165, 1.54) is 23.3 Å². The molecule has 1 unspecified atom stereocenters. The normalized spacial score (nSPS) is 11.7. The van der Waals surface area contributed by atoms with Gasteiger partial charge >= 0.3 is 12.0 Å². The van der Waals surface area contributed by atoms with Crippen LogP contribution in [0.2, 0.25) is 0 Å². The van der Waals surface area contributed by atoms with Gasteiger partial charge < -0.3 is 15.0 Å². The number of rotatable bonds is 4. The molecule has 0 aromatic carbocycles. The zero-order valence-electron chi connectivity index (χ0n) is 9.97. The molecule has 17 heavy (non-hydrogen) atoms. The predicted octanol–water partition coefficient (Wildman–Crippen LogP) is 0.846. The van der Waals surface area contributed by atoms with Crippen LogP contribution in [-0.4, -0.2) is 42.1 Å². The second kappa shape index (κ2) is 6.19. The van der Waals surface area contributed by atoms with Crippen molar-refractivity contribution >= 4 is 23.3 Å². The van der Waals surface area contributed by atoms with Gasteiger partial charge in [0.1, 0.15) is 6.04 Å². The molecule has 1 atom stereocenters. The first-order valence-corrected chi connectivity index (χ1v) is 5.95. The molecule has 0 spiro atoms. The number of hydrogen-bond donors (Lipinski definition) is 1.